The largest absolute Gasteiger partial charge is 0.335 e. The van der Waals surface area contributed by atoms with Gasteiger partial charge in [-0.15, -0.1) is 0 Å². The first-order valence-electron chi connectivity index (χ1n) is 27.0. The SMILES string of the molecule is CC(C)(C)c1cccc(N2c3cc(C(C)(C)C)ccc3B3c4cccc5c4N(c4cc(N6c7ccccc7C7(c8ccccc8)CCc8ccccc8C67C)cc2c43)C2(C)CCCCC52c2ccccc2)c1. The Bertz CT molecular complexity index is 3530. The lowest BCUT2D eigenvalue weighted by Gasteiger charge is -2.55. The molecular weight excluding hydrogens is 870 g/mol. The molecule has 356 valence electrons. The first-order chi connectivity index (χ1) is 34.7. The molecule has 2 aliphatic carbocycles. The molecule has 0 saturated heterocycles. The fourth-order valence-electron chi connectivity index (χ4n) is 16.0. The molecular formula is C68H66BN3. The summed E-state index contributed by atoms with van der Waals surface area (Å²) in [6.45, 7) is 19.4. The van der Waals surface area contributed by atoms with Gasteiger partial charge in [0, 0.05) is 45.2 Å². The van der Waals surface area contributed by atoms with Crippen molar-refractivity contribution < 1.29 is 0 Å². The second kappa shape index (κ2) is 14.9. The van der Waals surface area contributed by atoms with Crippen molar-refractivity contribution in [1.82, 2.24) is 0 Å². The molecule has 72 heavy (non-hydrogen) atoms. The van der Waals surface area contributed by atoms with Crippen LogP contribution >= 0.6 is 0 Å². The van der Waals surface area contributed by atoms with Crippen LogP contribution in [0.2, 0.25) is 0 Å². The van der Waals surface area contributed by atoms with Crippen molar-refractivity contribution in [3.63, 3.8) is 0 Å². The third-order valence-corrected chi connectivity index (χ3v) is 19.2. The maximum atomic E-state index is 2.94. The van der Waals surface area contributed by atoms with E-state index in [0.717, 1.165) is 25.7 Å². The lowest BCUT2D eigenvalue weighted by molar-refractivity contribution is 0.215. The highest BCUT2D eigenvalue weighted by Gasteiger charge is 2.66. The molecule has 4 heteroatoms. The van der Waals surface area contributed by atoms with Gasteiger partial charge in [-0.3, -0.25) is 0 Å². The summed E-state index contributed by atoms with van der Waals surface area (Å²) in [7, 11) is 0. The van der Waals surface area contributed by atoms with E-state index < -0.39 is 5.54 Å². The normalized spacial score (nSPS) is 24.2. The van der Waals surface area contributed by atoms with E-state index in [2.05, 4.69) is 252 Å². The maximum absolute atomic E-state index is 2.94. The van der Waals surface area contributed by atoms with Crippen LogP contribution in [0.3, 0.4) is 0 Å². The van der Waals surface area contributed by atoms with Crippen LogP contribution in [0.1, 0.15) is 132 Å². The standard InChI is InChI=1S/C68H66BN3/c1-63(2,3)48-28-21-29-50(41-48)70-58-42-49(64(4,5)6)35-36-55(58)69-56-33-22-32-54-62(56)72(65(7)38-19-20-39-67(54,65)46-24-11-9-12-25-46)60-44-51(43-59(70)61(60)69)71-57-34-18-17-31-53(57)68(47-26-13-10-14-27-47)40-37-45-23-15-16-30-52(45)66(68,71)8/h9-18,21-36,41-44H,19-20,37-40H2,1-8H3. The lowest BCUT2D eigenvalue weighted by Crippen LogP contribution is -2.65. The van der Waals surface area contributed by atoms with E-state index in [9.17, 15) is 0 Å². The highest BCUT2D eigenvalue weighted by molar-refractivity contribution is 7.00. The van der Waals surface area contributed by atoms with Crippen LogP contribution < -0.4 is 31.1 Å². The monoisotopic (exact) mass is 936 g/mol. The Morgan fingerprint density at radius 3 is 1.82 bits per heavy atom. The summed E-state index contributed by atoms with van der Waals surface area (Å²) in [5.41, 5.74) is 23.4. The van der Waals surface area contributed by atoms with E-state index in [1.165, 1.54) is 114 Å². The summed E-state index contributed by atoms with van der Waals surface area (Å²) >= 11 is 0. The molecule has 4 atom stereocenters. The minimum Gasteiger partial charge on any atom is -0.335 e. The molecule has 1 saturated carbocycles. The Morgan fingerprint density at radius 2 is 1.07 bits per heavy atom. The van der Waals surface area contributed by atoms with Crippen LogP contribution in [0.15, 0.2) is 182 Å². The first kappa shape index (κ1) is 44.0. The second-order valence-electron chi connectivity index (χ2n) is 24.7. The summed E-state index contributed by atoms with van der Waals surface area (Å²) in [5.74, 6) is 0. The van der Waals surface area contributed by atoms with Crippen LogP contribution in [-0.4, -0.2) is 12.3 Å². The average Bonchev–Trinajstić information content (AvgIpc) is 3.80. The zero-order chi connectivity index (χ0) is 49.2. The molecule has 8 aromatic carbocycles. The highest BCUT2D eigenvalue weighted by Crippen LogP contribution is 2.68. The number of aryl methyl sites for hydroxylation is 1. The molecule has 14 rings (SSSR count). The molecule has 4 aliphatic heterocycles. The van der Waals surface area contributed by atoms with Crippen molar-refractivity contribution in [2.24, 2.45) is 0 Å². The van der Waals surface area contributed by atoms with E-state index >= 15 is 0 Å². The van der Waals surface area contributed by atoms with Gasteiger partial charge in [0.2, 0.25) is 0 Å². The van der Waals surface area contributed by atoms with Crippen LogP contribution in [0.5, 0.6) is 0 Å². The number of benzene rings is 8. The highest BCUT2D eigenvalue weighted by atomic mass is 15.3. The number of rotatable bonds is 4. The summed E-state index contributed by atoms with van der Waals surface area (Å²) in [4.78, 5) is 8.46. The minimum absolute atomic E-state index is 0.0318. The van der Waals surface area contributed by atoms with Gasteiger partial charge in [-0.25, -0.2) is 0 Å². The second-order valence-corrected chi connectivity index (χ2v) is 24.7. The molecule has 0 aromatic heterocycles. The van der Waals surface area contributed by atoms with Gasteiger partial charge in [0.15, 0.2) is 0 Å². The maximum Gasteiger partial charge on any atom is 0.252 e. The lowest BCUT2D eigenvalue weighted by atomic mass is 9.33. The predicted octanol–water partition coefficient (Wildman–Crippen LogP) is 15.0. The fourth-order valence-corrected chi connectivity index (χ4v) is 16.0. The van der Waals surface area contributed by atoms with Crippen molar-refractivity contribution in [1.29, 1.82) is 0 Å². The van der Waals surface area contributed by atoms with Crippen molar-refractivity contribution in [2.45, 2.75) is 127 Å². The van der Waals surface area contributed by atoms with E-state index in [-0.39, 0.29) is 33.9 Å². The van der Waals surface area contributed by atoms with Crippen LogP contribution in [0.4, 0.5) is 39.8 Å². The van der Waals surface area contributed by atoms with Crippen molar-refractivity contribution in [3.05, 3.63) is 226 Å². The topological polar surface area (TPSA) is 9.72 Å². The smallest absolute Gasteiger partial charge is 0.252 e. The van der Waals surface area contributed by atoms with E-state index in [4.69, 9.17) is 0 Å². The van der Waals surface area contributed by atoms with Gasteiger partial charge >= 0.3 is 0 Å². The number of anilines is 7. The molecule has 8 aromatic rings. The van der Waals surface area contributed by atoms with Gasteiger partial charge < -0.3 is 14.7 Å². The Kier molecular flexibility index (Phi) is 9.10. The van der Waals surface area contributed by atoms with Gasteiger partial charge in [0.1, 0.15) is 0 Å². The van der Waals surface area contributed by atoms with Gasteiger partial charge in [-0.1, -0.05) is 200 Å². The van der Waals surface area contributed by atoms with Crippen molar-refractivity contribution >= 4 is 62.9 Å². The van der Waals surface area contributed by atoms with Crippen molar-refractivity contribution in [2.75, 3.05) is 14.7 Å². The molecule has 0 amide bonds. The molecule has 4 unspecified atom stereocenters. The fraction of sp³-hybridized carbons (Fsp3) is 0.294. The molecule has 3 nitrogen and oxygen atoms in total. The van der Waals surface area contributed by atoms with E-state index in [0.29, 0.717) is 0 Å². The van der Waals surface area contributed by atoms with Gasteiger partial charge in [-0.2, -0.15) is 0 Å². The summed E-state index contributed by atoms with van der Waals surface area (Å²) in [6.07, 6.45) is 6.69. The first-order valence-corrected chi connectivity index (χ1v) is 27.0. The zero-order valence-electron chi connectivity index (χ0n) is 43.5. The van der Waals surface area contributed by atoms with Gasteiger partial charge in [0.25, 0.3) is 6.71 Å². The molecule has 6 aliphatic rings. The Morgan fingerprint density at radius 1 is 0.444 bits per heavy atom. The van der Waals surface area contributed by atoms with Crippen LogP contribution in [0, 0.1) is 0 Å². The quantitative estimate of drug-likeness (QED) is 0.163. The summed E-state index contributed by atoms with van der Waals surface area (Å²) in [6, 6.07) is 71.8. The summed E-state index contributed by atoms with van der Waals surface area (Å²) in [5, 5.41) is 0. The van der Waals surface area contributed by atoms with Crippen molar-refractivity contribution in [3.8, 4) is 0 Å². The molecule has 0 bridgehead atoms. The number of hydrogen-bond acceptors (Lipinski definition) is 3. The van der Waals surface area contributed by atoms with Crippen LogP contribution in [-0.2, 0) is 33.6 Å². The number of fused-ring (bicyclic) bond motifs is 12. The number of para-hydroxylation sites is 2. The number of nitrogens with zero attached hydrogens (tertiary/aromatic N) is 3. The average molecular weight is 936 g/mol. The third kappa shape index (κ3) is 5.49. The van der Waals surface area contributed by atoms with E-state index in [1.54, 1.807) is 0 Å². The Hall–Kier alpha value is -6.78. The third-order valence-electron chi connectivity index (χ3n) is 19.2. The van der Waals surface area contributed by atoms with Gasteiger partial charge in [0.05, 0.1) is 16.5 Å². The zero-order valence-corrected chi connectivity index (χ0v) is 43.5. The Balaban J connectivity index is 1.14. The molecule has 0 N–H and O–H groups in total. The van der Waals surface area contributed by atoms with Crippen LogP contribution in [0.25, 0.3) is 0 Å². The number of hydrogen-bond donors (Lipinski definition) is 0. The minimum atomic E-state index is -0.471. The molecule has 0 radical (unpaired) electrons. The predicted molar refractivity (Wildman–Crippen MR) is 304 cm³/mol. The molecule has 4 heterocycles. The molecule has 1 fully saturated rings. The van der Waals surface area contributed by atoms with Gasteiger partial charge in [-0.05, 0) is 148 Å². The Labute approximate surface area is 428 Å². The summed E-state index contributed by atoms with van der Waals surface area (Å²) < 4.78 is 0. The van der Waals surface area contributed by atoms with E-state index in [1.807, 2.05) is 0 Å². The molecule has 0 spiro atoms.